The fourth-order valence-electron chi connectivity index (χ4n) is 7.02. The number of carbonyl (C=O) groups is 2. The Hall–Kier alpha value is -4.86. The van der Waals surface area contributed by atoms with E-state index in [1.807, 2.05) is 10.9 Å². The Kier molecular flexibility index (Phi) is 9.13. The molecule has 3 heterocycles. The Balaban J connectivity index is 1.27. The van der Waals surface area contributed by atoms with E-state index in [2.05, 4.69) is 25.3 Å². The maximum Gasteiger partial charge on any atom is 0.394 e. The van der Waals surface area contributed by atoms with Gasteiger partial charge in [-0.1, -0.05) is 55.8 Å². The van der Waals surface area contributed by atoms with Crippen LogP contribution in [0.4, 0.5) is 22.0 Å². The minimum Gasteiger partial charge on any atom is -0.463 e. The first-order valence-electron chi connectivity index (χ1n) is 17.4. The van der Waals surface area contributed by atoms with Gasteiger partial charge in [0.15, 0.2) is 17.3 Å². The Bertz CT molecular complexity index is 2090. The van der Waals surface area contributed by atoms with E-state index in [0.717, 1.165) is 49.6 Å². The zero-order valence-corrected chi connectivity index (χ0v) is 30.4. The number of halogens is 6. The molecule has 0 spiro atoms. The van der Waals surface area contributed by atoms with Gasteiger partial charge >= 0.3 is 12.1 Å². The second-order valence-electron chi connectivity index (χ2n) is 15.2. The number of hydrogen-bond acceptors (Lipinski definition) is 8. The molecule has 2 aliphatic carbocycles. The minimum atomic E-state index is -4.74. The van der Waals surface area contributed by atoms with Crippen LogP contribution in [0.5, 0.6) is 0 Å². The number of aromatic amines is 1. The number of benzene rings is 2. The molecule has 54 heavy (non-hydrogen) atoms. The molecule has 3 aliphatic rings. The van der Waals surface area contributed by atoms with Crippen molar-refractivity contribution >= 4 is 29.4 Å². The van der Waals surface area contributed by atoms with Crippen LogP contribution in [0.25, 0.3) is 22.5 Å². The van der Waals surface area contributed by atoms with E-state index >= 15 is 0 Å². The normalized spacial score (nSPS) is 20.6. The Morgan fingerprint density at radius 2 is 1.78 bits per heavy atom. The van der Waals surface area contributed by atoms with E-state index in [4.69, 9.17) is 22.1 Å². The van der Waals surface area contributed by atoms with Gasteiger partial charge in [-0.05, 0) is 67.9 Å². The zero-order chi connectivity index (χ0) is 38.8. The molecule has 2 aromatic heterocycles. The van der Waals surface area contributed by atoms with Crippen LogP contribution >= 0.6 is 11.6 Å². The average Bonchev–Trinajstić information content (AvgIpc) is 3.96. The van der Waals surface area contributed by atoms with Gasteiger partial charge in [0, 0.05) is 22.7 Å². The highest BCUT2D eigenvalue weighted by Gasteiger charge is 2.61. The smallest absolute Gasteiger partial charge is 0.394 e. The second-order valence-corrected chi connectivity index (χ2v) is 15.6. The molecule has 0 saturated heterocycles. The number of H-pyrrole nitrogens is 1. The fraction of sp³-hybridized carbons (Fsp3) is 0.459. The number of nitrogens with zero attached hydrogens (tertiary/aromatic N) is 6. The summed E-state index contributed by atoms with van der Waals surface area (Å²) in [5.74, 6) is -5.13. The molecular formula is C37H38ClF5N8O3. The van der Waals surface area contributed by atoms with Crippen molar-refractivity contribution in [1.82, 2.24) is 29.9 Å². The molecule has 1 amide bonds. The van der Waals surface area contributed by atoms with Crippen molar-refractivity contribution < 1.29 is 36.3 Å². The summed E-state index contributed by atoms with van der Waals surface area (Å²) in [5.41, 5.74) is 2.70. The van der Waals surface area contributed by atoms with Crippen molar-refractivity contribution in [2.24, 2.45) is 21.6 Å². The van der Waals surface area contributed by atoms with Crippen LogP contribution in [0.2, 0.25) is 5.02 Å². The highest BCUT2D eigenvalue weighted by Crippen LogP contribution is 2.59. The van der Waals surface area contributed by atoms with Gasteiger partial charge in [0.1, 0.15) is 12.9 Å². The predicted molar refractivity (Wildman–Crippen MR) is 188 cm³/mol. The Morgan fingerprint density at radius 1 is 1.07 bits per heavy atom. The zero-order valence-electron chi connectivity index (χ0n) is 29.6. The molecule has 1 aliphatic heterocycles. The predicted octanol–water partition coefficient (Wildman–Crippen LogP) is 7.76. The molecule has 0 bridgehead atoms. The van der Waals surface area contributed by atoms with Gasteiger partial charge in [-0.3, -0.25) is 24.3 Å². The third kappa shape index (κ3) is 6.84. The van der Waals surface area contributed by atoms with E-state index in [1.165, 1.54) is 18.5 Å². The third-order valence-electron chi connectivity index (χ3n) is 10.8. The molecular weight excluding hydrogens is 735 g/mol. The number of carbonyl (C=O) groups excluding carboxylic acids is 2. The number of guanidine groups is 1. The minimum absolute atomic E-state index is 0.135. The summed E-state index contributed by atoms with van der Waals surface area (Å²) < 4.78 is 79.9. The van der Waals surface area contributed by atoms with Crippen molar-refractivity contribution in [3.05, 3.63) is 77.3 Å². The summed E-state index contributed by atoms with van der Waals surface area (Å²) in [6.45, 7) is 2.13. The molecule has 2 fully saturated rings. The van der Waals surface area contributed by atoms with Crippen LogP contribution in [-0.4, -0.2) is 66.4 Å². The topological polar surface area (TPSA) is 144 Å². The van der Waals surface area contributed by atoms with E-state index < -0.39 is 71.8 Å². The number of nitrogens with two attached hydrogens (primary N) is 1. The number of ether oxygens (including phenoxy) is 1. The van der Waals surface area contributed by atoms with Gasteiger partial charge in [-0.25, -0.2) is 18.8 Å². The summed E-state index contributed by atoms with van der Waals surface area (Å²) >= 11 is 6.49. The summed E-state index contributed by atoms with van der Waals surface area (Å²) in [5, 5.41) is 11.2. The van der Waals surface area contributed by atoms with Crippen LogP contribution in [0.3, 0.4) is 0 Å². The summed E-state index contributed by atoms with van der Waals surface area (Å²) in [7, 11) is 0. The first-order valence-corrected chi connectivity index (χ1v) is 17.8. The first kappa shape index (κ1) is 37.5. The summed E-state index contributed by atoms with van der Waals surface area (Å²) in [4.78, 5) is 37.7. The van der Waals surface area contributed by atoms with Gasteiger partial charge in [0.25, 0.3) is 11.8 Å². The lowest BCUT2D eigenvalue weighted by atomic mass is 9.74. The van der Waals surface area contributed by atoms with Crippen molar-refractivity contribution in [3.63, 3.8) is 0 Å². The lowest BCUT2D eigenvalue weighted by Crippen LogP contribution is -2.49. The molecule has 2 saturated carbocycles. The first-order chi connectivity index (χ1) is 25.3. The van der Waals surface area contributed by atoms with Crippen LogP contribution in [0, 0.1) is 10.8 Å². The molecule has 0 unspecified atom stereocenters. The van der Waals surface area contributed by atoms with Crippen LogP contribution < -0.4 is 5.73 Å². The van der Waals surface area contributed by atoms with Crippen molar-refractivity contribution in [2.75, 3.05) is 6.61 Å². The summed E-state index contributed by atoms with van der Waals surface area (Å²) in [6.07, 6.45) is 1.05. The van der Waals surface area contributed by atoms with Gasteiger partial charge < -0.3 is 10.5 Å². The number of aliphatic imine (C=N–C) groups is 1. The van der Waals surface area contributed by atoms with E-state index in [9.17, 15) is 31.5 Å². The van der Waals surface area contributed by atoms with Gasteiger partial charge in [-0.2, -0.15) is 23.4 Å². The lowest BCUT2D eigenvalue weighted by molar-refractivity contribution is -0.218. The van der Waals surface area contributed by atoms with Crippen molar-refractivity contribution in [3.8, 4) is 22.5 Å². The van der Waals surface area contributed by atoms with Gasteiger partial charge in [0.2, 0.25) is 0 Å². The Morgan fingerprint density at radius 3 is 2.37 bits per heavy atom. The number of hydrogen-bond donors (Lipinski definition) is 2. The van der Waals surface area contributed by atoms with Crippen LogP contribution in [0.1, 0.15) is 82.5 Å². The van der Waals surface area contributed by atoms with E-state index in [-0.39, 0.29) is 29.3 Å². The van der Waals surface area contributed by atoms with Gasteiger partial charge in [0.05, 0.1) is 35.1 Å². The molecule has 286 valence electrons. The number of amides is 1. The highest BCUT2D eigenvalue weighted by molar-refractivity contribution is 6.33. The maximum absolute atomic E-state index is 14.9. The Labute approximate surface area is 312 Å². The molecule has 3 N–H and O–H groups in total. The monoisotopic (exact) mass is 772 g/mol. The van der Waals surface area contributed by atoms with Crippen LogP contribution in [0.15, 0.2) is 66.2 Å². The number of esters is 1. The van der Waals surface area contributed by atoms with E-state index in [0.29, 0.717) is 17.2 Å². The molecule has 2 aromatic carbocycles. The fourth-order valence-corrected chi connectivity index (χ4v) is 7.23. The largest absolute Gasteiger partial charge is 0.463 e. The second kappa shape index (κ2) is 13.2. The van der Waals surface area contributed by atoms with Crippen molar-refractivity contribution in [2.45, 2.75) is 89.0 Å². The maximum atomic E-state index is 14.9. The standard InChI is InChI=1S/C37H38ClF5N8O3/c1-33(2,37(41,42)43)19-36(24-7-4-21(5-8-24)23-16-47-50(17-23)25-9-10-25)31(53)51(32(44)48-36)28(18-54-29(52)15-35(12-13-35)34(3,39)40)22-6-11-27(38)26(14-22)30-45-20-46-49-30/h4-8,11,14,16-17,20,25,28H,9-10,12-13,15,18-19H2,1-3H3,(H2,44,48)(H,45,46,49)/t28-,36-/m1/s1. The highest BCUT2D eigenvalue weighted by atomic mass is 35.5. The molecule has 11 nitrogen and oxygen atoms in total. The van der Waals surface area contributed by atoms with E-state index in [1.54, 1.807) is 36.5 Å². The molecule has 0 radical (unpaired) electrons. The molecule has 7 rings (SSSR count). The number of rotatable bonds is 13. The number of alkyl halides is 5. The number of aromatic nitrogens is 5. The summed E-state index contributed by atoms with van der Waals surface area (Å²) in [6, 6.07) is 10.1. The molecule has 2 atom stereocenters. The third-order valence-corrected chi connectivity index (χ3v) is 11.2. The quantitative estimate of drug-likeness (QED) is 0.104. The average molecular weight is 773 g/mol. The number of nitrogens with one attached hydrogen (secondary N) is 1. The van der Waals surface area contributed by atoms with Crippen LogP contribution in [-0.2, 0) is 19.9 Å². The SMILES string of the molecule is CC(F)(F)C1(CC(=O)OC[C@H](c2ccc(Cl)c(-c3ncn[nH]3)c2)N2C(=O)[C@@](CC(C)(C)C(F)(F)F)(c3ccc(-c4cnn(C5CC5)c4)cc3)N=C2N)CC1. The molecule has 4 aromatic rings. The van der Waals surface area contributed by atoms with Crippen molar-refractivity contribution in [1.29, 1.82) is 0 Å². The molecule has 17 heteroatoms. The lowest BCUT2D eigenvalue weighted by Gasteiger charge is -2.37. The van der Waals surface area contributed by atoms with Gasteiger partial charge in [-0.15, -0.1) is 0 Å².